The third-order valence-electron chi connectivity index (χ3n) is 3.35. The molecule has 0 amide bonds. The topological polar surface area (TPSA) is 17.8 Å². The molecule has 3 aromatic rings. The average Bonchev–Trinajstić information content (AvgIpc) is 2.89. The van der Waals surface area contributed by atoms with Crippen LogP contribution in [0.25, 0.3) is 16.9 Å². The second-order valence-electron chi connectivity index (χ2n) is 4.75. The Bertz CT molecular complexity index is 676. The minimum Gasteiger partial charge on any atom is -0.240 e. The van der Waals surface area contributed by atoms with Gasteiger partial charge in [-0.3, -0.25) is 0 Å². The summed E-state index contributed by atoms with van der Waals surface area (Å²) in [5, 5.41) is 4.69. The van der Waals surface area contributed by atoms with Crippen molar-refractivity contribution in [1.82, 2.24) is 9.78 Å². The number of rotatable bonds is 2. The summed E-state index contributed by atoms with van der Waals surface area (Å²) in [6.45, 7) is 4.26. The van der Waals surface area contributed by atoms with Crippen molar-refractivity contribution >= 4 is 0 Å². The quantitative estimate of drug-likeness (QED) is 0.666. The van der Waals surface area contributed by atoms with Gasteiger partial charge in [-0.2, -0.15) is 5.10 Å². The molecule has 2 nitrogen and oxygen atoms in total. The van der Waals surface area contributed by atoms with E-state index in [-0.39, 0.29) is 0 Å². The molecule has 0 fully saturated rings. The second-order valence-corrected chi connectivity index (χ2v) is 4.75. The van der Waals surface area contributed by atoms with E-state index in [0.717, 1.165) is 11.4 Å². The minimum atomic E-state index is 1.03. The molecular weight excluding hydrogens is 232 g/mol. The highest BCUT2D eigenvalue weighted by molar-refractivity contribution is 5.67. The normalized spacial score (nSPS) is 10.6. The Kier molecular flexibility index (Phi) is 2.92. The van der Waals surface area contributed by atoms with Crippen LogP contribution in [-0.2, 0) is 0 Å². The number of hydrogen-bond acceptors (Lipinski definition) is 1. The molecule has 3 rings (SSSR count). The molecule has 0 N–H and O–H groups in total. The lowest BCUT2D eigenvalue weighted by Gasteiger charge is -2.06. The fraction of sp³-hybridized carbons (Fsp3) is 0.118. The van der Waals surface area contributed by atoms with Crippen molar-refractivity contribution in [3.05, 3.63) is 71.9 Å². The van der Waals surface area contributed by atoms with Crippen LogP contribution in [0.1, 0.15) is 11.1 Å². The van der Waals surface area contributed by atoms with Gasteiger partial charge >= 0.3 is 0 Å². The SMILES string of the molecule is Cc1cccc(C)c1-c1ccn(-c2ccccc2)n1. The molecule has 1 aromatic heterocycles. The molecule has 0 aliphatic rings. The second kappa shape index (κ2) is 4.73. The Morgan fingerprint density at radius 2 is 1.47 bits per heavy atom. The molecule has 0 atom stereocenters. The Hall–Kier alpha value is -2.35. The summed E-state index contributed by atoms with van der Waals surface area (Å²) in [7, 11) is 0. The number of hydrogen-bond donors (Lipinski definition) is 0. The van der Waals surface area contributed by atoms with Crippen molar-refractivity contribution in [3.8, 4) is 16.9 Å². The van der Waals surface area contributed by atoms with Gasteiger partial charge in [-0.05, 0) is 43.2 Å². The first-order valence-corrected chi connectivity index (χ1v) is 6.43. The summed E-state index contributed by atoms with van der Waals surface area (Å²) >= 11 is 0. The van der Waals surface area contributed by atoms with E-state index in [2.05, 4.69) is 55.3 Å². The van der Waals surface area contributed by atoms with E-state index in [4.69, 9.17) is 0 Å². The number of aromatic nitrogens is 2. The van der Waals surface area contributed by atoms with Crippen LogP contribution in [0.4, 0.5) is 0 Å². The summed E-state index contributed by atoms with van der Waals surface area (Å²) in [6.07, 6.45) is 2.01. The molecular formula is C17H16N2. The van der Waals surface area contributed by atoms with E-state index in [0.29, 0.717) is 0 Å². The van der Waals surface area contributed by atoms with Crippen LogP contribution in [-0.4, -0.2) is 9.78 Å². The van der Waals surface area contributed by atoms with Gasteiger partial charge in [0.2, 0.25) is 0 Å². The lowest BCUT2D eigenvalue weighted by molar-refractivity contribution is 0.883. The zero-order chi connectivity index (χ0) is 13.2. The summed E-state index contributed by atoms with van der Waals surface area (Å²) < 4.78 is 1.92. The average molecular weight is 248 g/mol. The summed E-state index contributed by atoms with van der Waals surface area (Å²) in [5.41, 5.74) is 5.87. The van der Waals surface area contributed by atoms with Crippen molar-refractivity contribution in [2.45, 2.75) is 13.8 Å². The Morgan fingerprint density at radius 3 is 2.16 bits per heavy atom. The van der Waals surface area contributed by atoms with E-state index in [1.54, 1.807) is 0 Å². The zero-order valence-electron chi connectivity index (χ0n) is 11.2. The number of nitrogens with zero attached hydrogens (tertiary/aromatic N) is 2. The van der Waals surface area contributed by atoms with E-state index in [1.165, 1.54) is 16.7 Å². The third-order valence-corrected chi connectivity index (χ3v) is 3.35. The molecule has 19 heavy (non-hydrogen) atoms. The molecule has 0 unspecified atom stereocenters. The molecule has 0 spiro atoms. The molecule has 2 aromatic carbocycles. The molecule has 0 bridgehead atoms. The van der Waals surface area contributed by atoms with Crippen molar-refractivity contribution in [2.24, 2.45) is 0 Å². The predicted octanol–water partition coefficient (Wildman–Crippen LogP) is 4.16. The van der Waals surface area contributed by atoms with Gasteiger partial charge < -0.3 is 0 Å². The molecule has 0 aliphatic carbocycles. The van der Waals surface area contributed by atoms with Crippen LogP contribution in [0.3, 0.4) is 0 Å². The largest absolute Gasteiger partial charge is 0.240 e. The Morgan fingerprint density at radius 1 is 0.789 bits per heavy atom. The first kappa shape index (κ1) is 11.7. The number of aryl methyl sites for hydroxylation is 2. The van der Waals surface area contributed by atoms with E-state index >= 15 is 0 Å². The lowest BCUT2D eigenvalue weighted by Crippen LogP contribution is -1.95. The third kappa shape index (κ3) is 2.17. The highest BCUT2D eigenvalue weighted by Gasteiger charge is 2.08. The van der Waals surface area contributed by atoms with Gasteiger partial charge in [0.15, 0.2) is 0 Å². The van der Waals surface area contributed by atoms with Gasteiger partial charge in [0.05, 0.1) is 11.4 Å². The number of para-hydroxylation sites is 1. The van der Waals surface area contributed by atoms with Crippen molar-refractivity contribution in [3.63, 3.8) is 0 Å². The maximum absolute atomic E-state index is 4.69. The van der Waals surface area contributed by atoms with Crippen LogP contribution >= 0.6 is 0 Å². The van der Waals surface area contributed by atoms with Gasteiger partial charge in [0, 0.05) is 11.8 Å². The van der Waals surface area contributed by atoms with E-state index < -0.39 is 0 Å². The van der Waals surface area contributed by atoms with E-state index in [1.807, 2.05) is 29.1 Å². The summed E-state index contributed by atoms with van der Waals surface area (Å²) in [6, 6.07) is 18.6. The monoisotopic (exact) mass is 248 g/mol. The maximum atomic E-state index is 4.69. The fourth-order valence-electron chi connectivity index (χ4n) is 2.40. The van der Waals surface area contributed by atoms with Crippen molar-refractivity contribution < 1.29 is 0 Å². The summed E-state index contributed by atoms with van der Waals surface area (Å²) in [4.78, 5) is 0. The maximum Gasteiger partial charge on any atom is 0.0932 e. The molecule has 94 valence electrons. The first-order chi connectivity index (χ1) is 9.25. The molecule has 0 saturated heterocycles. The number of benzene rings is 2. The van der Waals surface area contributed by atoms with Gasteiger partial charge in [-0.25, -0.2) is 4.68 Å². The van der Waals surface area contributed by atoms with Crippen LogP contribution in [0, 0.1) is 13.8 Å². The highest BCUT2D eigenvalue weighted by Crippen LogP contribution is 2.25. The van der Waals surface area contributed by atoms with Crippen molar-refractivity contribution in [2.75, 3.05) is 0 Å². The molecule has 1 heterocycles. The molecule has 2 heteroatoms. The van der Waals surface area contributed by atoms with Gasteiger partial charge in [0.25, 0.3) is 0 Å². The van der Waals surface area contributed by atoms with Gasteiger partial charge in [-0.1, -0.05) is 36.4 Å². The predicted molar refractivity (Wildman–Crippen MR) is 78.5 cm³/mol. The van der Waals surface area contributed by atoms with Crippen LogP contribution in [0.5, 0.6) is 0 Å². The molecule has 0 radical (unpaired) electrons. The van der Waals surface area contributed by atoms with Crippen LogP contribution < -0.4 is 0 Å². The molecule has 0 saturated carbocycles. The lowest BCUT2D eigenvalue weighted by atomic mass is 10.0. The fourth-order valence-corrected chi connectivity index (χ4v) is 2.40. The van der Waals surface area contributed by atoms with Crippen molar-refractivity contribution in [1.29, 1.82) is 0 Å². The first-order valence-electron chi connectivity index (χ1n) is 6.43. The zero-order valence-corrected chi connectivity index (χ0v) is 11.2. The van der Waals surface area contributed by atoms with E-state index in [9.17, 15) is 0 Å². The highest BCUT2D eigenvalue weighted by atomic mass is 15.3. The van der Waals surface area contributed by atoms with Gasteiger partial charge in [0.1, 0.15) is 0 Å². The summed E-state index contributed by atoms with van der Waals surface area (Å²) in [5.74, 6) is 0. The minimum absolute atomic E-state index is 1.03. The van der Waals surface area contributed by atoms with Gasteiger partial charge in [-0.15, -0.1) is 0 Å². The Balaban J connectivity index is 2.07. The van der Waals surface area contributed by atoms with Crippen LogP contribution in [0.15, 0.2) is 60.8 Å². The molecule has 0 aliphatic heterocycles. The Labute approximate surface area is 113 Å². The standard InChI is InChI=1S/C17H16N2/c1-13-7-6-8-14(2)17(13)16-11-12-19(18-16)15-9-4-3-5-10-15/h3-12H,1-2H3. The smallest absolute Gasteiger partial charge is 0.0932 e. The van der Waals surface area contributed by atoms with Crippen LogP contribution in [0.2, 0.25) is 0 Å².